The molecule has 3 nitrogen and oxygen atoms in total. The van der Waals surface area contributed by atoms with E-state index >= 15 is 0 Å². The van der Waals surface area contributed by atoms with Crippen LogP contribution in [0.25, 0.3) is 0 Å². The lowest BCUT2D eigenvalue weighted by atomic mass is 10.1. The molecule has 0 aromatic heterocycles. The van der Waals surface area contributed by atoms with Crippen LogP contribution in [-0.4, -0.2) is 25.6 Å². The molecular formula is C18H24N2O. The minimum Gasteiger partial charge on any atom is -0.496 e. The predicted molar refractivity (Wildman–Crippen MR) is 87.4 cm³/mol. The van der Waals surface area contributed by atoms with E-state index in [1.165, 1.54) is 16.7 Å². The third-order valence-corrected chi connectivity index (χ3v) is 3.65. The highest BCUT2D eigenvalue weighted by Crippen LogP contribution is 2.20. The first-order valence-electron chi connectivity index (χ1n) is 7.22. The van der Waals surface area contributed by atoms with Gasteiger partial charge < -0.3 is 15.4 Å². The Balaban J connectivity index is 1.97. The van der Waals surface area contributed by atoms with E-state index in [0.717, 1.165) is 18.8 Å². The van der Waals surface area contributed by atoms with Gasteiger partial charge in [0.05, 0.1) is 7.11 Å². The zero-order valence-corrected chi connectivity index (χ0v) is 13.0. The maximum atomic E-state index is 6.30. The number of nitrogens with zero attached hydrogens (tertiary/aromatic N) is 1. The van der Waals surface area contributed by atoms with Crippen LogP contribution >= 0.6 is 0 Å². The number of methoxy groups -OCH3 is 1. The first-order valence-corrected chi connectivity index (χ1v) is 7.22. The summed E-state index contributed by atoms with van der Waals surface area (Å²) in [6.45, 7) is 3.72. The fraction of sp³-hybridized carbons (Fsp3) is 0.333. The van der Waals surface area contributed by atoms with Gasteiger partial charge in [0, 0.05) is 24.7 Å². The Morgan fingerprint density at radius 2 is 1.76 bits per heavy atom. The van der Waals surface area contributed by atoms with Crippen LogP contribution in [0.5, 0.6) is 5.75 Å². The number of hydrogen-bond donors (Lipinski definition) is 1. The minimum absolute atomic E-state index is 0.0188. The molecular weight excluding hydrogens is 260 g/mol. The molecule has 21 heavy (non-hydrogen) atoms. The maximum absolute atomic E-state index is 6.30. The van der Waals surface area contributed by atoms with Crippen molar-refractivity contribution in [2.45, 2.75) is 19.5 Å². The molecule has 112 valence electrons. The second kappa shape index (κ2) is 7.25. The summed E-state index contributed by atoms with van der Waals surface area (Å²) < 4.78 is 5.39. The van der Waals surface area contributed by atoms with Crippen molar-refractivity contribution in [1.82, 2.24) is 4.90 Å². The zero-order chi connectivity index (χ0) is 15.2. The summed E-state index contributed by atoms with van der Waals surface area (Å²) in [4.78, 5) is 2.22. The molecule has 1 unspecified atom stereocenters. The van der Waals surface area contributed by atoms with Crippen LogP contribution in [-0.2, 0) is 6.54 Å². The highest BCUT2D eigenvalue weighted by Gasteiger charge is 2.11. The Kier molecular flexibility index (Phi) is 5.37. The summed E-state index contributed by atoms with van der Waals surface area (Å²) in [5.41, 5.74) is 9.91. The summed E-state index contributed by atoms with van der Waals surface area (Å²) in [6, 6.07) is 16.5. The molecule has 0 bridgehead atoms. The van der Waals surface area contributed by atoms with Crippen molar-refractivity contribution in [3.63, 3.8) is 0 Å². The molecule has 0 fully saturated rings. The topological polar surface area (TPSA) is 38.5 Å². The van der Waals surface area contributed by atoms with Gasteiger partial charge in [-0.05, 0) is 25.6 Å². The molecule has 0 aliphatic heterocycles. The average molecular weight is 284 g/mol. The van der Waals surface area contributed by atoms with E-state index in [9.17, 15) is 0 Å². The highest BCUT2D eigenvalue weighted by atomic mass is 16.5. The Bertz CT molecular complexity index is 566. The third kappa shape index (κ3) is 4.31. The lowest BCUT2D eigenvalue weighted by molar-refractivity contribution is 0.298. The highest BCUT2D eigenvalue weighted by molar-refractivity contribution is 5.33. The van der Waals surface area contributed by atoms with Crippen LogP contribution in [0.3, 0.4) is 0 Å². The minimum atomic E-state index is 0.0188. The maximum Gasteiger partial charge on any atom is 0.123 e. The first kappa shape index (κ1) is 15.5. The SMILES string of the molecule is COc1ccccc1CN(C)CC(N)c1ccc(C)cc1. The van der Waals surface area contributed by atoms with E-state index < -0.39 is 0 Å². The molecule has 1 atom stereocenters. The number of nitrogens with two attached hydrogens (primary N) is 1. The van der Waals surface area contributed by atoms with E-state index in [4.69, 9.17) is 10.5 Å². The fourth-order valence-electron chi connectivity index (χ4n) is 2.44. The van der Waals surface area contributed by atoms with Crippen LogP contribution in [0.4, 0.5) is 0 Å². The van der Waals surface area contributed by atoms with E-state index in [0.29, 0.717) is 0 Å². The zero-order valence-electron chi connectivity index (χ0n) is 13.0. The normalized spacial score (nSPS) is 12.4. The second-order valence-corrected chi connectivity index (χ2v) is 5.53. The molecule has 0 saturated heterocycles. The van der Waals surface area contributed by atoms with Gasteiger partial charge >= 0.3 is 0 Å². The molecule has 0 radical (unpaired) electrons. The second-order valence-electron chi connectivity index (χ2n) is 5.53. The van der Waals surface area contributed by atoms with Crippen molar-refractivity contribution < 1.29 is 4.74 Å². The van der Waals surface area contributed by atoms with Crippen LogP contribution in [0, 0.1) is 6.92 Å². The number of para-hydroxylation sites is 1. The summed E-state index contributed by atoms with van der Waals surface area (Å²) in [5.74, 6) is 0.924. The van der Waals surface area contributed by atoms with E-state index in [1.54, 1.807) is 7.11 Å². The number of likely N-dealkylation sites (N-methyl/N-ethyl adjacent to an activating group) is 1. The van der Waals surface area contributed by atoms with Gasteiger partial charge in [0.2, 0.25) is 0 Å². The Morgan fingerprint density at radius 1 is 1.10 bits per heavy atom. The monoisotopic (exact) mass is 284 g/mol. The van der Waals surface area contributed by atoms with Crippen LogP contribution in [0.15, 0.2) is 48.5 Å². The fourth-order valence-corrected chi connectivity index (χ4v) is 2.44. The van der Waals surface area contributed by atoms with Crippen molar-refractivity contribution in [3.05, 3.63) is 65.2 Å². The van der Waals surface area contributed by atoms with Gasteiger partial charge in [-0.1, -0.05) is 48.0 Å². The molecule has 2 aromatic rings. The van der Waals surface area contributed by atoms with Crippen molar-refractivity contribution >= 4 is 0 Å². The van der Waals surface area contributed by atoms with Crippen molar-refractivity contribution in [1.29, 1.82) is 0 Å². The van der Waals surface area contributed by atoms with Gasteiger partial charge in [-0.2, -0.15) is 0 Å². The molecule has 3 heteroatoms. The van der Waals surface area contributed by atoms with Crippen LogP contribution in [0.2, 0.25) is 0 Å². The number of benzene rings is 2. The predicted octanol–water partition coefficient (Wildman–Crippen LogP) is 3.14. The smallest absolute Gasteiger partial charge is 0.123 e. The number of aryl methyl sites for hydroxylation is 1. The molecule has 2 aromatic carbocycles. The lowest BCUT2D eigenvalue weighted by Gasteiger charge is -2.22. The molecule has 2 N–H and O–H groups in total. The van der Waals surface area contributed by atoms with E-state index in [-0.39, 0.29) is 6.04 Å². The summed E-state index contributed by atoms with van der Waals surface area (Å²) in [5, 5.41) is 0. The van der Waals surface area contributed by atoms with E-state index in [2.05, 4.69) is 49.2 Å². The van der Waals surface area contributed by atoms with Gasteiger partial charge in [0.25, 0.3) is 0 Å². The summed E-state index contributed by atoms with van der Waals surface area (Å²) in [6.07, 6.45) is 0. The lowest BCUT2D eigenvalue weighted by Crippen LogP contribution is -2.28. The van der Waals surface area contributed by atoms with Gasteiger partial charge in [0.1, 0.15) is 5.75 Å². The average Bonchev–Trinajstić information content (AvgIpc) is 2.48. The first-order chi connectivity index (χ1) is 10.1. The van der Waals surface area contributed by atoms with Gasteiger partial charge in [-0.3, -0.25) is 0 Å². The van der Waals surface area contributed by atoms with Crippen molar-refractivity contribution in [2.24, 2.45) is 5.73 Å². The quantitative estimate of drug-likeness (QED) is 0.885. The molecule has 2 rings (SSSR count). The molecule has 0 aliphatic carbocycles. The van der Waals surface area contributed by atoms with Gasteiger partial charge in [0.15, 0.2) is 0 Å². The van der Waals surface area contributed by atoms with Crippen molar-refractivity contribution in [2.75, 3.05) is 20.7 Å². The Hall–Kier alpha value is -1.84. The van der Waals surface area contributed by atoms with Gasteiger partial charge in [-0.25, -0.2) is 0 Å². The molecule has 0 spiro atoms. The molecule has 0 saturated carbocycles. The van der Waals surface area contributed by atoms with Crippen molar-refractivity contribution in [3.8, 4) is 5.75 Å². The molecule has 0 amide bonds. The van der Waals surface area contributed by atoms with Crippen LogP contribution in [0.1, 0.15) is 22.7 Å². The summed E-state index contributed by atoms with van der Waals surface area (Å²) >= 11 is 0. The number of rotatable bonds is 6. The summed E-state index contributed by atoms with van der Waals surface area (Å²) in [7, 11) is 3.79. The van der Waals surface area contributed by atoms with E-state index in [1.807, 2.05) is 18.2 Å². The number of ether oxygens (including phenoxy) is 1. The van der Waals surface area contributed by atoms with Gasteiger partial charge in [-0.15, -0.1) is 0 Å². The largest absolute Gasteiger partial charge is 0.496 e. The standard InChI is InChI=1S/C18H24N2O/c1-14-8-10-15(11-9-14)17(19)13-20(2)12-16-6-4-5-7-18(16)21-3/h4-11,17H,12-13,19H2,1-3H3. The Labute approximate surface area is 127 Å². The molecule has 0 aliphatic rings. The molecule has 0 heterocycles. The van der Waals surface area contributed by atoms with Crippen LogP contribution < -0.4 is 10.5 Å². The number of hydrogen-bond acceptors (Lipinski definition) is 3. The third-order valence-electron chi connectivity index (χ3n) is 3.65. The Morgan fingerprint density at radius 3 is 2.43 bits per heavy atom.